The van der Waals surface area contributed by atoms with Crippen molar-refractivity contribution in [1.82, 2.24) is 0 Å². The Bertz CT molecular complexity index is 346. The van der Waals surface area contributed by atoms with Crippen LogP contribution in [0.3, 0.4) is 0 Å². The molecule has 0 rings (SSSR count). The highest BCUT2D eigenvalue weighted by atomic mass is 16.7. The Balaban J connectivity index is 4.67. The van der Waals surface area contributed by atoms with E-state index in [1.54, 1.807) is 6.92 Å². The molecule has 24 heavy (non-hydrogen) atoms. The first-order valence-electron chi connectivity index (χ1n) is 9.51. The molecule has 0 saturated carbocycles. The lowest BCUT2D eigenvalue weighted by Crippen LogP contribution is -2.43. The van der Waals surface area contributed by atoms with Crippen LogP contribution in [0.15, 0.2) is 12.2 Å². The van der Waals surface area contributed by atoms with Gasteiger partial charge >= 0.3 is 5.97 Å². The molecule has 0 bridgehead atoms. The first-order valence-corrected chi connectivity index (χ1v) is 9.51. The molecule has 0 radical (unpaired) electrons. The summed E-state index contributed by atoms with van der Waals surface area (Å²) in [5.41, 5.74) is 0.419. The van der Waals surface area contributed by atoms with Gasteiger partial charge in [-0.05, 0) is 34.1 Å². The van der Waals surface area contributed by atoms with Crippen LogP contribution >= 0.6 is 0 Å². The Kier molecular flexibility index (Phi) is 12.9. The molecule has 0 aliphatic heterocycles. The van der Waals surface area contributed by atoms with Crippen molar-refractivity contribution < 1.29 is 19.0 Å². The van der Waals surface area contributed by atoms with Crippen LogP contribution in [-0.2, 0) is 19.0 Å². The summed E-state index contributed by atoms with van der Waals surface area (Å²) in [6, 6.07) is 0. The lowest BCUT2D eigenvalue weighted by molar-refractivity contribution is -0.259. The fraction of sp³-hybridized carbons (Fsp3) is 0.850. The van der Waals surface area contributed by atoms with E-state index in [0.29, 0.717) is 25.4 Å². The minimum Gasteiger partial charge on any atom is -0.462 e. The molecule has 0 aromatic rings. The number of carbonyl (C=O) groups excluding carboxylic acids is 1. The van der Waals surface area contributed by atoms with Gasteiger partial charge in [0.05, 0.1) is 6.61 Å². The number of unbranched alkanes of at least 4 members (excludes halogenated alkanes) is 5. The largest absolute Gasteiger partial charge is 0.462 e. The Morgan fingerprint density at radius 3 is 2.04 bits per heavy atom. The lowest BCUT2D eigenvalue weighted by Gasteiger charge is -2.36. The zero-order valence-corrected chi connectivity index (χ0v) is 16.5. The zero-order valence-electron chi connectivity index (χ0n) is 16.5. The molecule has 0 N–H and O–H groups in total. The van der Waals surface area contributed by atoms with Gasteiger partial charge in [0.2, 0.25) is 0 Å². The monoisotopic (exact) mass is 342 g/mol. The van der Waals surface area contributed by atoms with Gasteiger partial charge in [0.25, 0.3) is 0 Å². The van der Waals surface area contributed by atoms with Gasteiger partial charge in [-0.15, -0.1) is 0 Å². The predicted molar refractivity (Wildman–Crippen MR) is 98.9 cm³/mol. The molecule has 0 spiro atoms. The predicted octanol–water partition coefficient (Wildman–Crippen LogP) is 5.26. The van der Waals surface area contributed by atoms with E-state index in [1.165, 1.54) is 32.1 Å². The molecule has 0 aromatic carbocycles. The number of rotatable bonds is 15. The van der Waals surface area contributed by atoms with Gasteiger partial charge in [0.1, 0.15) is 0 Å². The Morgan fingerprint density at radius 2 is 1.54 bits per heavy atom. The van der Waals surface area contributed by atoms with Crippen molar-refractivity contribution in [3.8, 4) is 0 Å². The Morgan fingerprint density at radius 1 is 1.00 bits per heavy atom. The molecule has 4 heteroatoms. The van der Waals surface area contributed by atoms with Crippen molar-refractivity contribution >= 4 is 5.97 Å². The second kappa shape index (κ2) is 13.4. The number of hydrogen-bond donors (Lipinski definition) is 0. The maximum absolute atomic E-state index is 11.7. The lowest BCUT2D eigenvalue weighted by atomic mass is 9.93. The molecule has 4 nitrogen and oxygen atoms in total. The fourth-order valence-corrected chi connectivity index (χ4v) is 2.82. The maximum atomic E-state index is 11.7. The average Bonchev–Trinajstić information content (AvgIpc) is 2.53. The van der Waals surface area contributed by atoms with Gasteiger partial charge < -0.3 is 14.2 Å². The third-order valence-electron chi connectivity index (χ3n) is 4.27. The number of ether oxygens (including phenoxy) is 3. The van der Waals surface area contributed by atoms with Gasteiger partial charge in [-0.2, -0.15) is 0 Å². The van der Waals surface area contributed by atoms with Crippen molar-refractivity contribution in [2.24, 2.45) is 5.92 Å². The van der Waals surface area contributed by atoms with Crippen LogP contribution in [-0.4, -0.2) is 31.6 Å². The quantitative estimate of drug-likeness (QED) is 0.176. The average molecular weight is 343 g/mol. The minimum atomic E-state index is -0.720. The van der Waals surface area contributed by atoms with Crippen molar-refractivity contribution in [1.29, 1.82) is 0 Å². The summed E-state index contributed by atoms with van der Waals surface area (Å²) < 4.78 is 17.2. The molecule has 0 aliphatic rings. The van der Waals surface area contributed by atoms with Crippen molar-refractivity contribution in [3.63, 3.8) is 0 Å². The minimum absolute atomic E-state index is 0.0203. The molecular weight excluding hydrogens is 304 g/mol. The van der Waals surface area contributed by atoms with Crippen LogP contribution in [0.4, 0.5) is 0 Å². The summed E-state index contributed by atoms with van der Waals surface area (Å²) in [5, 5.41) is 0. The molecule has 0 fully saturated rings. The molecule has 0 heterocycles. The van der Waals surface area contributed by atoms with E-state index in [1.807, 2.05) is 20.8 Å². The highest BCUT2D eigenvalue weighted by Crippen LogP contribution is 2.29. The second-order valence-corrected chi connectivity index (χ2v) is 6.51. The molecule has 1 unspecified atom stereocenters. The molecule has 1 atom stereocenters. The first kappa shape index (κ1) is 23.1. The summed E-state index contributed by atoms with van der Waals surface area (Å²) >= 11 is 0. The van der Waals surface area contributed by atoms with E-state index in [0.717, 1.165) is 12.8 Å². The van der Waals surface area contributed by atoms with Crippen LogP contribution in [0.5, 0.6) is 0 Å². The van der Waals surface area contributed by atoms with E-state index >= 15 is 0 Å². The topological polar surface area (TPSA) is 44.8 Å². The summed E-state index contributed by atoms with van der Waals surface area (Å²) in [5.74, 6) is -1.05. The van der Waals surface area contributed by atoms with E-state index in [4.69, 9.17) is 14.2 Å². The number of carbonyl (C=O) groups is 1. The fourth-order valence-electron chi connectivity index (χ4n) is 2.82. The summed E-state index contributed by atoms with van der Waals surface area (Å²) in [6.45, 7) is 14.8. The van der Waals surface area contributed by atoms with E-state index in [2.05, 4.69) is 13.5 Å². The Labute approximate surface area is 148 Å². The van der Waals surface area contributed by atoms with E-state index < -0.39 is 5.79 Å². The van der Waals surface area contributed by atoms with Gasteiger partial charge in [-0.25, -0.2) is 4.79 Å². The standard InChI is InChI=1S/C20H38O4/c1-7-10-11-12-13-14-15-18(16-22-19(21)17(4)5)20(6,23-8-2)24-9-3/h18H,4,7-16H2,1-3,5-6H3. The SMILES string of the molecule is C=C(C)C(=O)OCC(CCCCCCCC)C(C)(OCC)OCC. The van der Waals surface area contributed by atoms with Crippen molar-refractivity contribution in [2.45, 2.75) is 85.4 Å². The third kappa shape index (κ3) is 9.43. The molecule has 0 aromatic heterocycles. The normalized spacial score (nSPS) is 12.9. The number of esters is 1. The van der Waals surface area contributed by atoms with Crippen LogP contribution < -0.4 is 0 Å². The summed E-state index contributed by atoms with van der Waals surface area (Å²) in [6.07, 6.45) is 8.31. The smallest absolute Gasteiger partial charge is 0.333 e. The summed E-state index contributed by atoms with van der Waals surface area (Å²) in [4.78, 5) is 11.7. The van der Waals surface area contributed by atoms with Crippen LogP contribution in [0.25, 0.3) is 0 Å². The second-order valence-electron chi connectivity index (χ2n) is 6.51. The summed E-state index contributed by atoms with van der Waals surface area (Å²) in [7, 11) is 0. The van der Waals surface area contributed by atoms with Gasteiger partial charge in [-0.3, -0.25) is 0 Å². The zero-order chi connectivity index (χ0) is 18.4. The van der Waals surface area contributed by atoms with Crippen molar-refractivity contribution in [2.75, 3.05) is 19.8 Å². The third-order valence-corrected chi connectivity index (χ3v) is 4.27. The molecule has 0 saturated heterocycles. The van der Waals surface area contributed by atoms with Gasteiger partial charge in [0, 0.05) is 24.7 Å². The van der Waals surface area contributed by atoms with Crippen molar-refractivity contribution in [3.05, 3.63) is 12.2 Å². The Hall–Kier alpha value is -0.870. The molecule has 0 amide bonds. The number of hydrogen-bond acceptors (Lipinski definition) is 4. The van der Waals surface area contributed by atoms with Crippen LogP contribution in [0, 0.1) is 5.92 Å². The van der Waals surface area contributed by atoms with E-state index in [9.17, 15) is 4.79 Å². The highest BCUT2D eigenvalue weighted by molar-refractivity contribution is 5.86. The van der Waals surface area contributed by atoms with Crippen LogP contribution in [0.1, 0.15) is 79.6 Å². The molecular formula is C20H38O4. The van der Waals surface area contributed by atoms with Gasteiger partial charge in [-0.1, -0.05) is 52.0 Å². The van der Waals surface area contributed by atoms with Gasteiger partial charge in [0.15, 0.2) is 5.79 Å². The maximum Gasteiger partial charge on any atom is 0.333 e. The molecule has 142 valence electrons. The van der Waals surface area contributed by atoms with E-state index in [-0.39, 0.29) is 11.9 Å². The molecule has 0 aliphatic carbocycles. The first-order chi connectivity index (χ1) is 11.4. The van der Waals surface area contributed by atoms with Crippen LogP contribution in [0.2, 0.25) is 0 Å². The highest BCUT2D eigenvalue weighted by Gasteiger charge is 2.36.